The van der Waals surface area contributed by atoms with Gasteiger partial charge in [-0.3, -0.25) is 9.59 Å². The number of hydrogen-bond donors (Lipinski definition) is 2. The van der Waals surface area contributed by atoms with Crippen LogP contribution in [0.1, 0.15) is 47.3 Å². The Hall–Kier alpha value is -2.23. The number of halogens is 2. The van der Waals surface area contributed by atoms with E-state index in [0.29, 0.717) is 61.7 Å². The van der Waals surface area contributed by atoms with Crippen LogP contribution in [-0.2, 0) is 28.9 Å². The van der Waals surface area contributed by atoms with Gasteiger partial charge in [0, 0.05) is 39.1 Å². The molecule has 3 rings (SSSR count). The predicted molar refractivity (Wildman–Crippen MR) is 145 cm³/mol. The van der Waals surface area contributed by atoms with Gasteiger partial charge in [0.05, 0.1) is 18.1 Å². The summed E-state index contributed by atoms with van der Waals surface area (Å²) in [5.41, 5.74) is -0.636. The summed E-state index contributed by atoms with van der Waals surface area (Å²) in [5, 5.41) is 10.6. The zero-order valence-electron chi connectivity index (χ0n) is 21.2. The Kier molecular flexibility index (Phi) is 11.2. The average molecular weight is 557 g/mol. The molecule has 8 nitrogen and oxygen atoms in total. The first-order chi connectivity index (χ1) is 17.7. The first kappa shape index (κ1) is 29.3. The van der Waals surface area contributed by atoms with E-state index in [4.69, 9.17) is 9.47 Å². The minimum Gasteiger partial charge on any atom is -0.494 e. The number of alkyl halides is 2. The maximum absolute atomic E-state index is 13.1. The van der Waals surface area contributed by atoms with Gasteiger partial charge >= 0.3 is 0 Å². The lowest BCUT2D eigenvalue weighted by Crippen LogP contribution is -2.41. The molecule has 0 saturated carbocycles. The number of benzene rings is 1. The van der Waals surface area contributed by atoms with Gasteiger partial charge in [-0.05, 0) is 49.6 Å². The van der Waals surface area contributed by atoms with Crippen LogP contribution in [-0.4, -0.2) is 65.6 Å². The fourth-order valence-electron chi connectivity index (χ4n) is 4.19. The SMILES string of the molecule is COCCCn1nc2c(c1NC(=O)CSC)C(=O)N[C@@H](CCc1cccc(OCCCC(F)(F)P)c1)C2. The molecule has 0 radical (unpaired) electrons. The number of ether oxygens (including phenoxy) is 2. The number of carbonyl (C=O) groups excluding carboxylic acids is 2. The van der Waals surface area contributed by atoms with Gasteiger partial charge in [-0.25, -0.2) is 13.5 Å². The van der Waals surface area contributed by atoms with Gasteiger partial charge in [0.2, 0.25) is 5.91 Å². The van der Waals surface area contributed by atoms with E-state index in [9.17, 15) is 18.4 Å². The van der Waals surface area contributed by atoms with Crippen LogP contribution in [0.2, 0.25) is 0 Å². The second-order valence-corrected chi connectivity index (χ2v) is 10.7. The normalized spacial score (nSPS) is 15.3. The highest BCUT2D eigenvalue weighted by Crippen LogP contribution is 2.28. The molecule has 12 heteroatoms. The molecule has 2 atom stereocenters. The zero-order chi connectivity index (χ0) is 26.8. The molecule has 0 fully saturated rings. The molecule has 2 aromatic rings. The Balaban J connectivity index is 1.62. The van der Waals surface area contributed by atoms with E-state index >= 15 is 0 Å². The molecule has 1 aromatic heterocycles. The highest BCUT2D eigenvalue weighted by molar-refractivity contribution is 7.99. The second-order valence-electron chi connectivity index (χ2n) is 8.99. The quantitative estimate of drug-likeness (QED) is 0.253. The van der Waals surface area contributed by atoms with Gasteiger partial charge in [-0.1, -0.05) is 21.4 Å². The van der Waals surface area contributed by atoms with Crippen molar-refractivity contribution < 1.29 is 27.8 Å². The average Bonchev–Trinajstić information content (AvgIpc) is 3.18. The Bertz CT molecular complexity index is 1060. The Morgan fingerprint density at radius 3 is 2.89 bits per heavy atom. The Labute approximate surface area is 222 Å². The van der Waals surface area contributed by atoms with Crippen LogP contribution >= 0.6 is 21.0 Å². The molecule has 1 aromatic carbocycles. The maximum Gasteiger partial charge on any atom is 0.259 e. The Morgan fingerprint density at radius 2 is 2.16 bits per heavy atom. The number of methoxy groups -OCH3 is 1. The molecule has 2 amide bonds. The van der Waals surface area contributed by atoms with E-state index in [1.54, 1.807) is 27.1 Å². The number of thioether (sulfide) groups is 1. The van der Waals surface area contributed by atoms with Crippen molar-refractivity contribution in [3.8, 4) is 5.75 Å². The summed E-state index contributed by atoms with van der Waals surface area (Å²) < 4.78 is 38.3. The molecular formula is C25H35F2N4O4PS. The van der Waals surface area contributed by atoms with Gasteiger partial charge in [-0.2, -0.15) is 16.9 Å². The molecule has 0 spiro atoms. The van der Waals surface area contributed by atoms with Crippen LogP contribution < -0.4 is 15.4 Å². The highest BCUT2D eigenvalue weighted by atomic mass is 32.2. The van der Waals surface area contributed by atoms with Crippen LogP contribution in [0.15, 0.2) is 24.3 Å². The number of hydrogen-bond acceptors (Lipinski definition) is 6. The molecule has 37 heavy (non-hydrogen) atoms. The van der Waals surface area contributed by atoms with Crippen LogP contribution in [0.25, 0.3) is 0 Å². The first-order valence-electron chi connectivity index (χ1n) is 12.3. The molecule has 0 aliphatic carbocycles. The lowest BCUT2D eigenvalue weighted by molar-refractivity contribution is -0.113. The fourth-order valence-corrected chi connectivity index (χ4v) is 4.72. The molecule has 2 heterocycles. The fraction of sp³-hybridized carbons (Fsp3) is 0.560. The molecule has 0 bridgehead atoms. The highest BCUT2D eigenvalue weighted by Gasteiger charge is 2.32. The van der Waals surface area contributed by atoms with Gasteiger partial charge in [-0.15, -0.1) is 0 Å². The summed E-state index contributed by atoms with van der Waals surface area (Å²) in [6.07, 6.45) is 4.51. The summed E-state index contributed by atoms with van der Waals surface area (Å²) in [6.45, 7) is 1.29. The van der Waals surface area contributed by atoms with E-state index in [1.165, 1.54) is 11.8 Å². The predicted octanol–water partition coefficient (Wildman–Crippen LogP) is 4.14. The number of aromatic nitrogens is 2. The number of carbonyl (C=O) groups is 2. The van der Waals surface area contributed by atoms with E-state index in [1.807, 2.05) is 24.5 Å². The van der Waals surface area contributed by atoms with Gasteiger partial charge in [0.25, 0.3) is 11.6 Å². The standard InChI is InChI=1S/C25H35F2N4O4PS/c1-34-12-5-11-31-23(29-21(32)16-37-2)22-20(30-31)15-18(28-24(22)33)9-8-17-6-3-7-19(14-17)35-13-4-10-25(26,27)36/h3,6-7,14,18H,4-5,8-13,15-16,36H2,1-2H3,(H,28,33)(H,29,32)/t18-/m0/s1. The van der Waals surface area contributed by atoms with Crippen molar-refractivity contribution in [1.82, 2.24) is 15.1 Å². The zero-order valence-corrected chi connectivity index (χ0v) is 23.2. The van der Waals surface area contributed by atoms with E-state index in [0.717, 1.165) is 5.56 Å². The topological polar surface area (TPSA) is 94.5 Å². The van der Waals surface area contributed by atoms with Crippen LogP contribution in [0, 0.1) is 0 Å². The van der Waals surface area contributed by atoms with Crippen molar-refractivity contribution >= 4 is 38.6 Å². The van der Waals surface area contributed by atoms with Crippen molar-refractivity contribution in [1.29, 1.82) is 0 Å². The monoisotopic (exact) mass is 556 g/mol. The van der Waals surface area contributed by atoms with Gasteiger partial charge < -0.3 is 20.1 Å². The smallest absolute Gasteiger partial charge is 0.259 e. The molecule has 2 N–H and O–H groups in total. The third-order valence-corrected chi connectivity index (χ3v) is 6.72. The van der Waals surface area contributed by atoms with Crippen molar-refractivity contribution in [3.63, 3.8) is 0 Å². The number of nitrogens with zero attached hydrogens (tertiary/aromatic N) is 2. The summed E-state index contributed by atoms with van der Waals surface area (Å²) >= 11 is 1.41. The summed E-state index contributed by atoms with van der Waals surface area (Å²) in [5.74, 6) is 0.939. The van der Waals surface area contributed by atoms with Crippen LogP contribution in [0.3, 0.4) is 0 Å². The third-order valence-electron chi connectivity index (χ3n) is 5.88. The lowest BCUT2D eigenvalue weighted by Gasteiger charge is -2.23. The molecular weight excluding hydrogens is 521 g/mol. The lowest BCUT2D eigenvalue weighted by atomic mass is 9.96. The third kappa shape index (κ3) is 9.23. The Morgan fingerprint density at radius 1 is 1.35 bits per heavy atom. The van der Waals surface area contributed by atoms with Gasteiger partial charge in [0.1, 0.15) is 17.1 Å². The van der Waals surface area contributed by atoms with Crippen molar-refractivity contribution in [2.45, 2.75) is 56.8 Å². The minimum atomic E-state index is -2.77. The number of nitrogens with one attached hydrogen (secondary N) is 2. The van der Waals surface area contributed by atoms with E-state index in [-0.39, 0.29) is 43.1 Å². The minimum absolute atomic E-state index is 0.106. The van der Waals surface area contributed by atoms with Crippen molar-refractivity contribution in [3.05, 3.63) is 41.1 Å². The molecule has 204 valence electrons. The summed E-state index contributed by atoms with van der Waals surface area (Å²) in [6, 6.07) is 7.45. The number of anilines is 1. The van der Waals surface area contributed by atoms with Crippen LogP contribution in [0.4, 0.5) is 14.6 Å². The largest absolute Gasteiger partial charge is 0.494 e. The maximum atomic E-state index is 13.1. The van der Waals surface area contributed by atoms with Crippen LogP contribution in [0.5, 0.6) is 5.75 Å². The number of fused-ring (bicyclic) bond motifs is 1. The van der Waals surface area contributed by atoms with Crippen molar-refractivity contribution in [2.24, 2.45) is 0 Å². The molecule has 1 aliphatic rings. The first-order valence-corrected chi connectivity index (χ1v) is 14.2. The van der Waals surface area contributed by atoms with E-state index in [2.05, 4.69) is 15.7 Å². The second kappa shape index (κ2) is 14.1. The number of aryl methyl sites for hydroxylation is 2. The molecule has 1 aliphatic heterocycles. The number of amides is 2. The summed E-state index contributed by atoms with van der Waals surface area (Å²) in [7, 11) is 3.17. The van der Waals surface area contributed by atoms with Crippen molar-refractivity contribution in [2.75, 3.05) is 37.6 Å². The summed E-state index contributed by atoms with van der Waals surface area (Å²) in [4.78, 5) is 25.4. The molecule has 0 saturated heterocycles. The van der Waals surface area contributed by atoms with E-state index < -0.39 is 5.66 Å². The molecule has 1 unspecified atom stereocenters. The number of rotatable bonds is 15. The van der Waals surface area contributed by atoms with Gasteiger partial charge in [0.15, 0.2) is 0 Å².